The van der Waals surface area contributed by atoms with E-state index in [1.54, 1.807) is 0 Å². The van der Waals surface area contributed by atoms with Crippen LogP contribution >= 0.6 is 0 Å². The molecule has 0 bridgehead atoms. The number of rotatable bonds is 6. The average molecular weight is 217 g/mol. The highest BCUT2D eigenvalue weighted by molar-refractivity contribution is 5.75. The lowest BCUT2D eigenvalue weighted by atomic mass is 10.0. The molecule has 0 aliphatic carbocycles. The third kappa shape index (κ3) is 10.7. The Bertz CT molecular complexity index is 189. The molecule has 5 N–H and O–H groups in total. The minimum Gasteiger partial charge on any atom is -0.481 e. The number of aliphatic carboxylic acids is 1. The molecule has 0 aromatic carbocycles. The van der Waals surface area contributed by atoms with Crippen LogP contribution in [0.25, 0.3) is 0 Å². The van der Waals surface area contributed by atoms with Crippen LogP contribution in [0.4, 0.5) is 0 Å². The molecule has 0 fully saturated rings. The predicted octanol–water partition coefficient (Wildman–Crippen LogP) is 1.18. The largest absolute Gasteiger partial charge is 0.481 e. The smallest absolute Gasteiger partial charge is 0.306 e. The summed E-state index contributed by atoms with van der Waals surface area (Å²) in [5, 5.41) is 8.70. The summed E-state index contributed by atoms with van der Waals surface area (Å²) in [6.07, 6.45) is 1.99. The van der Waals surface area contributed by atoms with Gasteiger partial charge >= 0.3 is 5.97 Å². The van der Waals surface area contributed by atoms with E-state index in [0.717, 1.165) is 0 Å². The van der Waals surface area contributed by atoms with Gasteiger partial charge in [0.15, 0.2) is 5.96 Å². The van der Waals surface area contributed by atoms with E-state index in [9.17, 15) is 4.79 Å². The zero-order chi connectivity index (χ0) is 12.3. The highest BCUT2D eigenvalue weighted by Gasteiger charge is 2.13. The molecule has 0 aromatic heterocycles. The van der Waals surface area contributed by atoms with E-state index in [1.807, 2.05) is 20.8 Å². The van der Waals surface area contributed by atoms with Gasteiger partial charge in [0.25, 0.3) is 0 Å². The van der Waals surface area contributed by atoms with E-state index in [1.165, 1.54) is 0 Å². The van der Waals surface area contributed by atoms with Crippen molar-refractivity contribution >= 4 is 11.9 Å². The van der Waals surface area contributed by atoms with Crippen molar-refractivity contribution in [2.75, 3.05) is 6.54 Å². The molecule has 0 spiro atoms. The topological polar surface area (TPSA) is 102 Å². The molecule has 0 heterocycles. The highest BCUT2D eigenvalue weighted by Crippen LogP contribution is 2.10. The Morgan fingerprint density at radius 1 is 1.40 bits per heavy atom. The van der Waals surface area contributed by atoms with Crippen molar-refractivity contribution in [3.05, 3.63) is 0 Å². The number of guanidine groups is 1. The van der Waals surface area contributed by atoms with Gasteiger partial charge in [0.05, 0.1) is 5.92 Å². The second kappa shape index (κ2) is 10.8. The monoisotopic (exact) mass is 217 g/mol. The SMILES string of the molecule is CC.CCC(CCCN=C(N)N)C(=O)O. The third-order valence-corrected chi connectivity index (χ3v) is 1.85. The number of carboxylic acid groups (broad SMARTS) is 1. The van der Waals surface area contributed by atoms with Crippen LogP contribution in [0.5, 0.6) is 0 Å². The van der Waals surface area contributed by atoms with Crippen LogP contribution in [-0.4, -0.2) is 23.6 Å². The number of hydrogen-bond acceptors (Lipinski definition) is 2. The number of aliphatic imine (C=N–C) groups is 1. The first-order valence-electron chi connectivity index (χ1n) is 5.36. The molecule has 5 heteroatoms. The van der Waals surface area contributed by atoms with Crippen LogP contribution in [0.2, 0.25) is 0 Å². The second-order valence-corrected chi connectivity index (χ2v) is 2.89. The highest BCUT2D eigenvalue weighted by atomic mass is 16.4. The Morgan fingerprint density at radius 2 is 1.93 bits per heavy atom. The summed E-state index contributed by atoms with van der Waals surface area (Å²) in [7, 11) is 0. The zero-order valence-corrected chi connectivity index (χ0v) is 9.86. The maximum atomic E-state index is 10.6. The molecule has 0 rings (SSSR count). The van der Waals surface area contributed by atoms with Gasteiger partial charge in [-0.2, -0.15) is 0 Å². The summed E-state index contributed by atoms with van der Waals surface area (Å²) in [5.74, 6) is -0.954. The van der Waals surface area contributed by atoms with E-state index >= 15 is 0 Å². The molecule has 15 heavy (non-hydrogen) atoms. The molecule has 0 amide bonds. The quantitative estimate of drug-likeness (QED) is 0.353. The average Bonchev–Trinajstić information content (AvgIpc) is 2.20. The minimum absolute atomic E-state index is 0.0587. The van der Waals surface area contributed by atoms with E-state index in [4.69, 9.17) is 16.6 Å². The summed E-state index contributed by atoms with van der Waals surface area (Å²) in [5.41, 5.74) is 10.2. The van der Waals surface area contributed by atoms with Gasteiger partial charge in [0, 0.05) is 6.54 Å². The van der Waals surface area contributed by atoms with Gasteiger partial charge in [-0.05, 0) is 19.3 Å². The third-order valence-electron chi connectivity index (χ3n) is 1.85. The Hall–Kier alpha value is -1.26. The van der Waals surface area contributed by atoms with Crippen LogP contribution < -0.4 is 11.5 Å². The second-order valence-electron chi connectivity index (χ2n) is 2.89. The first-order valence-corrected chi connectivity index (χ1v) is 5.36. The first-order chi connectivity index (χ1) is 7.07. The molecule has 0 aromatic rings. The molecule has 0 radical (unpaired) electrons. The predicted molar refractivity (Wildman–Crippen MR) is 62.7 cm³/mol. The van der Waals surface area contributed by atoms with Crippen molar-refractivity contribution in [3.63, 3.8) is 0 Å². The van der Waals surface area contributed by atoms with Crippen molar-refractivity contribution in [2.24, 2.45) is 22.4 Å². The van der Waals surface area contributed by atoms with E-state index in [2.05, 4.69) is 4.99 Å². The molecular weight excluding hydrogens is 194 g/mol. The summed E-state index contributed by atoms with van der Waals surface area (Å²) in [6.45, 7) is 6.37. The Balaban J connectivity index is 0. The molecule has 0 saturated carbocycles. The molecule has 1 unspecified atom stereocenters. The first kappa shape index (κ1) is 16.2. The Morgan fingerprint density at radius 3 is 2.27 bits per heavy atom. The minimum atomic E-state index is -0.743. The Kier molecular flexibility index (Phi) is 11.7. The van der Waals surface area contributed by atoms with Crippen LogP contribution in [0, 0.1) is 5.92 Å². The van der Waals surface area contributed by atoms with E-state index in [0.29, 0.717) is 25.8 Å². The molecule has 5 nitrogen and oxygen atoms in total. The van der Waals surface area contributed by atoms with Gasteiger partial charge in [-0.3, -0.25) is 9.79 Å². The summed E-state index contributed by atoms with van der Waals surface area (Å²) >= 11 is 0. The van der Waals surface area contributed by atoms with Gasteiger partial charge in [0.2, 0.25) is 0 Å². The Labute approximate surface area is 91.6 Å². The van der Waals surface area contributed by atoms with Crippen LogP contribution in [0.3, 0.4) is 0 Å². The number of nitrogens with two attached hydrogens (primary N) is 2. The molecular formula is C10H23N3O2. The fraction of sp³-hybridized carbons (Fsp3) is 0.800. The molecule has 0 aliphatic rings. The zero-order valence-electron chi connectivity index (χ0n) is 9.86. The molecule has 1 atom stereocenters. The van der Waals surface area contributed by atoms with E-state index < -0.39 is 5.97 Å². The lowest BCUT2D eigenvalue weighted by Gasteiger charge is -2.07. The van der Waals surface area contributed by atoms with Crippen molar-refractivity contribution in [1.82, 2.24) is 0 Å². The summed E-state index contributed by atoms with van der Waals surface area (Å²) < 4.78 is 0. The normalized spacial score (nSPS) is 10.9. The fourth-order valence-electron chi connectivity index (χ4n) is 1.05. The summed E-state index contributed by atoms with van der Waals surface area (Å²) in [4.78, 5) is 14.3. The van der Waals surface area contributed by atoms with Gasteiger partial charge < -0.3 is 16.6 Å². The molecule has 0 saturated heterocycles. The standard InChI is InChI=1S/C8H17N3O2.C2H6/c1-2-6(7(12)13)4-3-5-11-8(9)10;1-2/h6H,2-5H2,1H3,(H,12,13)(H4,9,10,11);1-2H3. The van der Waals surface area contributed by atoms with Crippen molar-refractivity contribution in [3.8, 4) is 0 Å². The van der Waals surface area contributed by atoms with Crippen molar-refractivity contribution in [1.29, 1.82) is 0 Å². The fourth-order valence-corrected chi connectivity index (χ4v) is 1.05. The number of hydrogen-bond donors (Lipinski definition) is 3. The van der Waals surface area contributed by atoms with Crippen LogP contribution in [-0.2, 0) is 4.79 Å². The summed E-state index contributed by atoms with van der Waals surface area (Å²) in [6, 6.07) is 0. The molecule has 0 aliphatic heterocycles. The van der Waals surface area contributed by atoms with Crippen LogP contribution in [0.1, 0.15) is 40.0 Å². The number of nitrogens with zero attached hydrogens (tertiary/aromatic N) is 1. The number of carboxylic acids is 1. The van der Waals surface area contributed by atoms with Gasteiger partial charge in [-0.1, -0.05) is 20.8 Å². The van der Waals surface area contributed by atoms with Crippen molar-refractivity contribution in [2.45, 2.75) is 40.0 Å². The van der Waals surface area contributed by atoms with E-state index in [-0.39, 0.29) is 11.9 Å². The van der Waals surface area contributed by atoms with Gasteiger partial charge in [-0.15, -0.1) is 0 Å². The molecule has 90 valence electrons. The lowest BCUT2D eigenvalue weighted by Crippen LogP contribution is -2.23. The van der Waals surface area contributed by atoms with Gasteiger partial charge in [-0.25, -0.2) is 0 Å². The maximum absolute atomic E-state index is 10.6. The van der Waals surface area contributed by atoms with Gasteiger partial charge in [0.1, 0.15) is 0 Å². The van der Waals surface area contributed by atoms with Crippen molar-refractivity contribution < 1.29 is 9.90 Å². The van der Waals surface area contributed by atoms with Crippen LogP contribution in [0.15, 0.2) is 4.99 Å². The maximum Gasteiger partial charge on any atom is 0.306 e. The lowest BCUT2D eigenvalue weighted by molar-refractivity contribution is -0.142. The number of carbonyl (C=O) groups is 1.